The second-order valence-corrected chi connectivity index (χ2v) is 4.71. The summed E-state index contributed by atoms with van der Waals surface area (Å²) in [5.74, 6) is -3.17. The molecule has 0 fully saturated rings. The van der Waals surface area contributed by atoms with Crippen LogP contribution in [-0.4, -0.2) is 23.5 Å². The van der Waals surface area contributed by atoms with Crippen LogP contribution in [0.25, 0.3) is 5.76 Å². The molecule has 0 aliphatic carbocycles. The maximum Gasteiger partial charge on any atom is 0.381 e. The lowest BCUT2D eigenvalue weighted by Gasteiger charge is -2.07. The Morgan fingerprint density at radius 3 is 2.60 bits per heavy atom. The molecule has 1 rings (SSSR count). The maximum absolute atomic E-state index is 11.7. The molecule has 0 amide bonds. The molecule has 0 aliphatic heterocycles. The summed E-state index contributed by atoms with van der Waals surface area (Å²) in [7, 11) is 0. The van der Waals surface area contributed by atoms with Gasteiger partial charge in [0.15, 0.2) is 5.76 Å². The highest BCUT2D eigenvalue weighted by Gasteiger charge is 2.26. The zero-order valence-electron chi connectivity index (χ0n) is 10.8. The monoisotopic (exact) mass is 341 g/mol. The lowest BCUT2D eigenvalue weighted by molar-refractivity contribution is -0.151. The Labute approximate surface area is 123 Å². The number of carbonyl (C=O) groups is 2. The van der Waals surface area contributed by atoms with Crippen LogP contribution in [0.1, 0.15) is 18.1 Å². The first kappa shape index (κ1) is 16.0. The molecule has 0 radical (unpaired) electrons. The highest BCUT2D eigenvalue weighted by molar-refractivity contribution is 9.10. The smallest absolute Gasteiger partial charge is 0.381 e. The summed E-state index contributed by atoms with van der Waals surface area (Å²) in [5.41, 5.74) is -0.0280. The number of nitrogens with zero attached hydrogens (tertiary/aromatic N) is 1. The van der Waals surface area contributed by atoms with Gasteiger partial charge in [-0.25, -0.2) is 4.79 Å². The number of aryl methyl sites for hydroxylation is 1. The van der Waals surface area contributed by atoms with E-state index in [2.05, 4.69) is 25.8 Å². The summed E-state index contributed by atoms with van der Waals surface area (Å²) >= 11 is 3.21. The lowest BCUT2D eigenvalue weighted by Crippen LogP contribution is -2.19. The molecule has 0 aromatic heterocycles. The van der Waals surface area contributed by atoms with Crippen molar-refractivity contribution in [2.45, 2.75) is 13.8 Å². The molecular formula is C13H12BrNO5. The molecule has 6 nitrogen and oxygen atoms in total. The number of hydrogen-bond acceptors (Lipinski definition) is 6. The predicted octanol–water partition coefficient (Wildman–Crippen LogP) is 2.88. The quantitative estimate of drug-likeness (QED) is 0.292. The lowest BCUT2D eigenvalue weighted by atomic mass is 10.0. The van der Waals surface area contributed by atoms with Gasteiger partial charge in [0, 0.05) is 10.0 Å². The van der Waals surface area contributed by atoms with E-state index in [4.69, 9.17) is 0 Å². The molecule has 1 N–H and O–H groups in total. The molecule has 1 aromatic carbocycles. The molecule has 1 aromatic rings. The SMILES string of the molecule is CCOC(=O)C(=O)C(N=O)=C(O)c1cc(Br)ccc1C. The number of rotatable bonds is 5. The van der Waals surface area contributed by atoms with Crippen LogP contribution in [0.5, 0.6) is 0 Å². The fourth-order valence-electron chi connectivity index (χ4n) is 1.46. The fraction of sp³-hybridized carbons (Fsp3) is 0.231. The minimum Gasteiger partial charge on any atom is -0.505 e. The summed E-state index contributed by atoms with van der Waals surface area (Å²) in [4.78, 5) is 33.7. The highest BCUT2D eigenvalue weighted by Crippen LogP contribution is 2.24. The van der Waals surface area contributed by atoms with Crippen molar-refractivity contribution in [1.29, 1.82) is 0 Å². The number of hydrogen-bond donors (Lipinski definition) is 1. The molecule has 0 saturated heterocycles. The zero-order valence-corrected chi connectivity index (χ0v) is 12.4. The first-order valence-corrected chi connectivity index (χ1v) is 6.46. The van der Waals surface area contributed by atoms with Crippen LogP contribution in [0.15, 0.2) is 33.5 Å². The number of aliphatic hydroxyl groups excluding tert-OH is 1. The number of Topliss-reactive ketones (excluding diaryl/α,β-unsaturated/α-hetero) is 1. The van der Waals surface area contributed by atoms with E-state index in [1.807, 2.05) is 0 Å². The molecule has 7 heteroatoms. The van der Waals surface area contributed by atoms with E-state index in [0.29, 0.717) is 10.0 Å². The van der Waals surface area contributed by atoms with Gasteiger partial charge >= 0.3 is 5.97 Å². The number of ketones is 1. The van der Waals surface area contributed by atoms with E-state index in [-0.39, 0.29) is 12.2 Å². The van der Waals surface area contributed by atoms with Crippen molar-refractivity contribution < 1.29 is 19.4 Å². The van der Waals surface area contributed by atoms with Gasteiger partial charge in [-0.1, -0.05) is 22.0 Å². The number of esters is 1. The van der Waals surface area contributed by atoms with Crippen molar-refractivity contribution in [2.75, 3.05) is 6.61 Å². The van der Waals surface area contributed by atoms with E-state index >= 15 is 0 Å². The molecule has 0 spiro atoms. The van der Waals surface area contributed by atoms with E-state index in [1.54, 1.807) is 19.1 Å². The summed E-state index contributed by atoms with van der Waals surface area (Å²) in [6.07, 6.45) is 0. The third-order valence-electron chi connectivity index (χ3n) is 2.45. The first-order valence-electron chi connectivity index (χ1n) is 5.66. The Balaban J connectivity index is 3.32. The van der Waals surface area contributed by atoms with Gasteiger partial charge in [0.25, 0.3) is 5.78 Å². The normalized spacial score (nSPS) is 11.6. The average Bonchev–Trinajstić information content (AvgIpc) is 2.42. The second-order valence-electron chi connectivity index (χ2n) is 3.80. The number of ether oxygens (including phenoxy) is 1. The van der Waals surface area contributed by atoms with E-state index in [9.17, 15) is 19.6 Å². The van der Waals surface area contributed by atoms with Crippen LogP contribution in [0.4, 0.5) is 0 Å². The molecule has 0 saturated carbocycles. The van der Waals surface area contributed by atoms with Gasteiger partial charge in [0.1, 0.15) is 0 Å². The van der Waals surface area contributed by atoms with Crippen LogP contribution in [0, 0.1) is 11.8 Å². The van der Waals surface area contributed by atoms with Crippen LogP contribution in [0.3, 0.4) is 0 Å². The number of carbonyl (C=O) groups excluding carboxylic acids is 2. The number of halogens is 1. The molecular weight excluding hydrogens is 330 g/mol. The molecule has 0 bridgehead atoms. The van der Waals surface area contributed by atoms with Crippen LogP contribution in [0.2, 0.25) is 0 Å². The zero-order chi connectivity index (χ0) is 15.3. The van der Waals surface area contributed by atoms with E-state index < -0.39 is 23.2 Å². The number of nitroso groups, excluding NO2 is 1. The molecule has 106 valence electrons. The van der Waals surface area contributed by atoms with Crippen LogP contribution >= 0.6 is 15.9 Å². The third kappa shape index (κ3) is 3.51. The third-order valence-corrected chi connectivity index (χ3v) is 2.94. The average molecular weight is 342 g/mol. The van der Waals surface area contributed by atoms with Crippen LogP contribution < -0.4 is 0 Å². The van der Waals surface area contributed by atoms with Crippen molar-refractivity contribution in [2.24, 2.45) is 5.18 Å². The van der Waals surface area contributed by atoms with Gasteiger partial charge in [0.05, 0.1) is 6.61 Å². The molecule has 0 atom stereocenters. The number of benzene rings is 1. The van der Waals surface area contributed by atoms with Crippen molar-refractivity contribution in [3.63, 3.8) is 0 Å². The van der Waals surface area contributed by atoms with Gasteiger partial charge in [-0.05, 0) is 36.7 Å². The first-order chi connectivity index (χ1) is 9.42. The largest absolute Gasteiger partial charge is 0.505 e. The van der Waals surface area contributed by atoms with Gasteiger partial charge < -0.3 is 9.84 Å². The Morgan fingerprint density at radius 1 is 1.40 bits per heavy atom. The van der Waals surface area contributed by atoms with Crippen LogP contribution in [-0.2, 0) is 14.3 Å². The summed E-state index contributed by atoms with van der Waals surface area (Å²) in [6, 6.07) is 4.91. The second kappa shape index (κ2) is 6.95. The maximum atomic E-state index is 11.7. The minimum atomic E-state index is -1.28. The van der Waals surface area contributed by atoms with Crippen molar-refractivity contribution in [3.8, 4) is 0 Å². The summed E-state index contributed by atoms with van der Waals surface area (Å²) in [5, 5.41) is 12.5. The fourth-order valence-corrected chi connectivity index (χ4v) is 1.82. The Hall–Kier alpha value is -2.02. The Bertz CT molecular complexity index is 594. The van der Waals surface area contributed by atoms with E-state index in [0.717, 1.165) is 0 Å². The minimum absolute atomic E-state index is 0.0205. The Kier molecular flexibility index (Phi) is 5.57. The topological polar surface area (TPSA) is 93.0 Å². The molecule has 0 heterocycles. The molecule has 0 unspecified atom stereocenters. The molecule has 20 heavy (non-hydrogen) atoms. The van der Waals surface area contributed by atoms with Crippen molar-refractivity contribution >= 4 is 33.4 Å². The Morgan fingerprint density at radius 2 is 2.05 bits per heavy atom. The van der Waals surface area contributed by atoms with Gasteiger partial charge in [-0.2, -0.15) is 0 Å². The van der Waals surface area contributed by atoms with Crippen molar-refractivity contribution in [1.82, 2.24) is 0 Å². The van der Waals surface area contributed by atoms with Gasteiger partial charge in [-0.15, -0.1) is 4.91 Å². The number of aliphatic hydroxyl groups is 1. The predicted molar refractivity (Wildman–Crippen MR) is 75.9 cm³/mol. The van der Waals surface area contributed by atoms with Crippen molar-refractivity contribution in [3.05, 3.63) is 44.4 Å². The van der Waals surface area contributed by atoms with E-state index in [1.165, 1.54) is 13.0 Å². The van der Waals surface area contributed by atoms with Gasteiger partial charge in [-0.3, -0.25) is 4.79 Å². The summed E-state index contributed by atoms with van der Waals surface area (Å²) < 4.78 is 5.12. The van der Waals surface area contributed by atoms with Gasteiger partial charge in [0.2, 0.25) is 5.70 Å². The standard InChI is InChI=1S/C13H12BrNO5/c1-3-20-13(18)12(17)10(15-19)11(16)9-6-8(14)5-4-7(9)2/h4-6,16H,3H2,1-2H3. The highest BCUT2D eigenvalue weighted by atomic mass is 79.9. The molecule has 0 aliphatic rings. The summed E-state index contributed by atoms with van der Waals surface area (Å²) in [6.45, 7) is 3.17.